The third-order valence-electron chi connectivity index (χ3n) is 5.99. The number of halogens is 5. The Morgan fingerprint density at radius 1 is 1.16 bits per heavy atom. The summed E-state index contributed by atoms with van der Waals surface area (Å²) in [5, 5.41) is 1.88. The number of hydrogen-bond acceptors (Lipinski definition) is 6. The monoisotopic (exact) mass is 544 g/mol. The summed E-state index contributed by atoms with van der Waals surface area (Å²) in [6.45, 7) is 3.78. The summed E-state index contributed by atoms with van der Waals surface area (Å²) in [5.74, 6) is -2.83. The highest BCUT2D eigenvalue weighted by Gasteiger charge is 2.42. The van der Waals surface area contributed by atoms with Crippen LogP contribution in [0.3, 0.4) is 0 Å². The molecule has 14 heteroatoms. The van der Waals surface area contributed by atoms with E-state index >= 15 is 0 Å². The van der Waals surface area contributed by atoms with E-state index in [0.717, 1.165) is 4.90 Å². The first kappa shape index (κ1) is 28.9. The Labute approximate surface area is 216 Å². The van der Waals surface area contributed by atoms with Crippen molar-refractivity contribution in [3.8, 4) is 23.0 Å². The summed E-state index contributed by atoms with van der Waals surface area (Å²) < 4.78 is 79.3. The number of nitrogens with one attached hydrogen (secondary N) is 1. The van der Waals surface area contributed by atoms with Crippen LogP contribution in [0, 0.1) is 0 Å². The van der Waals surface area contributed by atoms with Gasteiger partial charge in [-0.2, -0.15) is 13.2 Å². The fourth-order valence-corrected chi connectivity index (χ4v) is 3.93. The van der Waals surface area contributed by atoms with E-state index in [0.29, 0.717) is 29.4 Å². The van der Waals surface area contributed by atoms with Crippen molar-refractivity contribution in [1.82, 2.24) is 29.6 Å². The van der Waals surface area contributed by atoms with Gasteiger partial charge in [0.15, 0.2) is 5.65 Å². The van der Waals surface area contributed by atoms with Gasteiger partial charge in [-0.15, -0.1) is 0 Å². The molecule has 2 atom stereocenters. The topological polar surface area (TPSA) is 93.9 Å². The highest BCUT2D eigenvalue weighted by molar-refractivity contribution is 5.75. The molecule has 3 rings (SSSR count). The van der Waals surface area contributed by atoms with Crippen LogP contribution in [0.25, 0.3) is 16.9 Å². The number of urea groups is 1. The maximum Gasteiger partial charge on any atom is 0.408 e. The molecule has 1 N–H and O–H groups in total. The normalized spacial score (nSPS) is 13.7. The van der Waals surface area contributed by atoms with E-state index in [2.05, 4.69) is 15.0 Å². The van der Waals surface area contributed by atoms with Crippen molar-refractivity contribution in [3.05, 3.63) is 36.4 Å². The lowest BCUT2D eigenvalue weighted by atomic mass is 10.0. The van der Waals surface area contributed by atoms with Gasteiger partial charge in [0.25, 0.3) is 5.88 Å². The molecule has 0 aromatic carbocycles. The molecule has 0 saturated carbocycles. The van der Waals surface area contributed by atoms with Crippen molar-refractivity contribution in [3.63, 3.8) is 0 Å². The van der Waals surface area contributed by atoms with Gasteiger partial charge < -0.3 is 24.1 Å². The van der Waals surface area contributed by atoms with E-state index in [-0.39, 0.29) is 18.3 Å². The maximum atomic E-state index is 13.5. The number of carbonyl (C=O) groups is 1. The average molecular weight is 545 g/mol. The molecule has 3 aromatic rings. The molecule has 38 heavy (non-hydrogen) atoms. The van der Waals surface area contributed by atoms with Crippen LogP contribution in [-0.4, -0.2) is 69.2 Å². The summed E-state index contributed by atoms with van der Waals surface area (Å²) in [7, 11) is 2.87. The molecule has 0 saturated heterocycles. The van der Waals surface area contributed by atoms with E-state index in [4.69, 9.17) is 9.47 Å². The number of imidazole rings is 1. The summed E-state index contributed by atoms with van der Waals surface area (Å²) in [5.41, 5.74) is 1.82. The lowest BCUT2D eigenvalue weighted by Gasteiger charge is -2.31. The van der Waals surface area contributed by atoms with Crippen LogP contribution in [-0.2, 0) is 0 Å². The van der Waals surface area contributed by atoms with Gasteiger partial charge in [0.2, 0.25) is 11.8 Å². The number of pyridine rings is 1. The highest BCUT2D eigenvalue weighted by atomic mass is 19.4. The van der Waals surface area contributed by atoms with E-state index in [9.17, 15) is 26.7 Å². The van der Waals surface area contributed by atoms with E-state index in [1.807, 2.05) is 5.32 Å². The minimum absolute atomic E-state index is 0.0376. The van der Waals surface area contributed by atoms with E-state index in [1.54, 1.807) is 42.9 Å². The highest BCUT2D eigenvalue weighted by Crippen LogP contribution is 2.33. The molecular weight excluding hydrogens is 515 g/mol. The number of methoxy groups -OCH3 is 2. The largest absolute Gasteiger partial charge is 0.481 e. The number of alkyl halides is 5. The van der Waals surface area contributed by atoms with Crippen molar-refractivity contribution in [1.29, 1.82) is 0 Å². The van der Waals surface area contributed by atoms with Crippen LogP contribution in [0.15, 0.2) is 30.9 Å². The van der Waals surface area contributed by atoms with Gasteiger partial charge in [-0.3, -0.25) is 0 Å². The number of fused-ring (bicyclic) bond motifs is 1. The molecule has 0 spiro atoms. The van der Waals surface area contributed by atoms with Crippen LogP contribution < -0.4 is 14.8 Å². The van der Waals surface area contributed by atoms with E-state index in [1.165, 1.54) is 20.4 Å². The zero-order valence-corrected chi connectivity index (χ0v) is 21.5. The molecule has 9 nitrogen and oxygen atoms in total. The summed E-state index contributed by atoms with van der Waals surface area (Å²) in [6, 6.07) is -2.54. The second-order valence-electron chi connectivity index (χ2n) is 8.73. The Bertz CT molecular complexity index is 1260. The first-order chi connectivity index (χ1) is 17.8. The maximum absolute atomic E-state index is 13.5. The number of hydrogen-bond donors (Lipinski definition) is 1. The number of amides is 2. The molecule has 0 aliphatic carbocycles. The average Bonchev–Trinajstić information content (AvgIpc) is 3.33. The van der Waals surface area contributed by atoms with Crippen molar-refractivity contribution in [2.45, 2.75) is 57.8 Å². The van der Waals surface area contributed by atoms with Crippen molar-refractivity contribution >= 4 is 11.7 Å². The van der Waals surface area contributed by atoms with Crippen molar-refractivity contribution in [2.24, 2.45) is 0 Å². The Morgan fingerprint density at radius 2 is 1.84 bits per heavy atom. The van der Waals surface area contributed by atoms with Gasteiger partial charge >= 0.3 is 12.2 Å². The Kier molecular flexibility index (Phi) is 8.62. The third kappa shape index (κ3) is 6.58. The molecule has 2 amide bonds. The first-order valence-corrected chi connectivity index (χ1v) is 11.7. The summed E-state index contributed by atoms with van der Waals surface area (Å²) >= 11 is 0. The zero-order chi connectivity index (χ0) is 28.3. The predicted octanol–water partition coefficient (Wildman–Crippen LogP) is 5.27. The predicted molar refractivity (Wildman–Crippen MR) is 128 cm³/mol. The lowest BCUT2D eigenvalue weighted by molar-refractivity contribution is -0.158. The van der Waals surface area contributed by atoms with Crippen LogP contribution in [0.1, 0.15) is 45.2 Å². The molecule has 2 unspecified atom stereocenters. The van der Waals surface area contributed by atoms with Crippen LogP contribution >= 0.6 is 0 Å². The molecule has 0 fully saturated rings. The Morgan fingerprint density at radius 3 is 2.42 bits per heavy atom. The fraction of sp³-hybridized carbons (Fsp3) is 0.500. The second kappa shape index (κ2) is 11.4. The minimum atomic E-state index is -4.89. The number of rotatable bonds is 10. The van der Waals surface area contributed by atoms with Crippen LogP contribution in [0.4, 0.5) is 26.7 Å². The van der Waals surface area contributed by atoms with Gasteiger partial charge in [0.05, 0.1) is 31.5 Å². The van der Waals surface area contributed by atoms with Gasteiger partial charge in [-0.05, 0) is 38.8 Å². The molecule has 208 valence electrons. The third-order valence-corrected chi connectivity index (χ3v) is 5.99. The molecule has 3 heterocycles. The van der Waals surface area contributed by atoms with Crippen LogP contribution in [0.5, 0.6) is 11.8 Å². The Hall–Kier alpha value is -3.71. The lowest BCUT2D eigenvalue weighted by Crippen LogP contribution is -2.51. The summed E-state index contributed by atoms with van der Waals surface area (Å²) in [6.07, 6.45) is -0.481. The van der Waals surface area contributed by atoms with Crippen LogP contribution in [0.2, 0.25) is 0 Å². The number of aromatic nitrogens is 4. The summed E-state index contributed by atoms with van der Waals surface area (Å²) in [4.78, 5) is 27.0. The molecule has 0 aliphatic rings. The van der Waals surface area contributed by atoms with Crippen molar-refractivity contribution < 1.29 is 36.2 Å². The van der Waals surface area contributed by atoms with Gasteiger partial charge in [-0.1, -0.05) is 0 Å². The quantitative estimate of drug-likeness (QED) is 0.350. The van der Waals surface area contributed by atoms with Crippen molar-refractivity contribution in [2.75, 3.05) is 20.8 Å². The number of ether oxygens (including phenoxy) is 2. The first-order valence-electron chi connectivity index (χ1n) is 11.7. The van der Waals surface area contributed by atoms with Gasteiger partial charge in [-0.25, -0.2) is 28.5 Å². The smallest absolute Gasteiger partial charge is 0.408 e. The zero-order valence-electron chi connectivity index (χ0n) is 21.5. The molecular formula is C24H29F5N6O3. The number of carbonyl (C=O) groups excluding carboxylic acids is 1. The SMILES string of the molecule is CCN(C(=O)NC(CCC(C)(F)F)C(F)(F)F)C(C)c1cnc(OC)c(-c2cn3ccnc3c(OC)n2)c1. The minimum Gasteiger partial charge on any atom is -0.481 e. The van der Waals surface area contributed by atoms with Gasteiger partial charge in [0.1, 0.15) is 6.04 Å². The standard InChI is InChI=1S/C24H29F5N6O3/c1-6-35(22(36)33-18(24(27,28)29)7-8-23(3,25)26)14(2)15-11-16(20(37-4)31-12-15)17-13-34-10-9-30-19(34)21(32-17)38-5/h9-14,18H,6-8H2,1-5H3,(H,33,36). The van der Waals surface area contributed by atoms with E-state index < -0.39 is 43.1 Å². The number of nitrogens with zero attached hydrogens (tertiary/aromatic N) is 5. The second-order valence-corrected chi connectivity index (χ2v) is 8.73. The Balaban J connectivity index is 1.92. The molecule has 0 radical (unpaired) electrons. The molecule has 0 aliphatic heterocycles. The molecule has 0 bridgehead atoms. The molecule has 3 aromatic heterocycles. The fourth-order valence-electron chi connectivity index (χ4n) is 3.93. The van der Waals surface area contributed by atoms with Gasteiger partial charge in [0, 0.05) is 37.8 Å².